The minimum absolute atomic E-state index is 0.0784. The van der Waals surface area contributed by atoms with Crippen LogP contribution in [0.3, 0.4) is 0 Å². The van der Waals surface area contributed by atoms with E-state index in [2.05, 4.69) is 98.0 Å². The van der Waals surface area contributed by atoms with Crippen LogP contribution in [-0.2, 0) is 5.41 Å². The first-order valence-electron chi connectivity index (χ1n) is 6.75. The highest BCUT2D eigenvalue weighted by atomic mass is 79.9. The molecular weight excluding hydrogens is 460 g/mol. The fourth-order valence-electron chi connectivity index (χ4n) is 2.58. The van der Waals surface area contributed by atoms with Gasteiger partial charge in [-0.15, -0.1) is 0 Å². The quantitative estimate of drug-likeness (QED) is 0.460. The molecule has 0 amide bonds. The Bertz CT molecular complexity index is 694. The van der Waals surface area contributed by atoms with Crippen LogP contribution in [0.1, 0.15) is 35.4 Å². The average molecular weight is 475 g/mol. The van der Waals surface area contributed by atoms with E-state index in [9.17, 15) is 0 Å². The summed E-state index contributed by atoms with van der Waals surface area (Å²) in [5, 5.41) is 0. The zero-order chi connectivity index (χ0) is 15.2. The lowest BCUT2D eigenvalue weighted by Crippen LogP contribution is -2.18. The minimum Gasteiger partial charge on any atom is -0.492 e. The van der Waals surface area contributed by atoms with Crippen LogP contribution in [-0.4, -0.2) is 6.61 Å². The molecule has 4 heteroatoms. The summed E-state index contributed by atoms with van der Waals surface area (Å²) in [4.78, 5) is 0.154. The van der Waals surface area contributed by atoms with Gasteiger partial charge in [-0.1, -0.05) is 73.8 Å². The zero-order valence-electron chi connectivity index (χ0n) is 11.8. The van der Waals surface area contributed by atoms with Crippen LogP contribution >= 0.6 is 47.8 Å². The molecule has 0 aromatic heterocycles. The Morgan fingerprint density at radius 2 is 1.86 bits per heavy atom. The highest BCUT2D eigenvalue weighted by Gasteiger charge is 2.32. The Morgan fingerprint density at radius 3 is 2.57 bits per heavy atom. The van der Waals surface area contributed by atoms with Crippen molar-refractivity contribution in [3.05, 3.63) is 62.0 Å². The van der Waals surface area contributed by atoms with Crippen molar-refractivity contribution in [2.45, 2.75) is 24.1 Å². The first kappa shape index (κ1) is 15.6. The molecule has 0 fully saturated rings. The molecule has 1 aliphatic heterocycles. The van der Waals surface area contributed by atoms with Gasteiger partial charge in [0.25, 0.3) is 0 Å². The Hall–Kier alpha value is -0.320. The van der Waals surface area contributed by atoms with Crippen LogP contribution in [0, 0.1) is 0 Å². The predicted molar refractivity (Wildman–Crippen MR) is 97.6 cm³/mol. The van der Waals surface area contributed by atoms with E-state index in [1.807, 2.05) is 0 Å². The van der Waals surface area contributed by atoms with Crippen molar-refractivity contribution in [1.82, 2.24) is 0 Å². The van der Waals surface area contributed by atoms with E-state index in [-0.39, 0.29) is 10.2 Å². The van der Waals surface area contributed by atoms with Crippen LogP contribution in [0.5, 0.6) is 5.75 Å². The molecule has 1 aliphatic rings. The molecule has 0 saturated heterocycles. The van der Waals surface area contributed by atoms with Gasteiger partial charge in [0, 0.05) is 19.9 Å². The van der Waals surface area contributed by atoms with E-state index in [0.717, 1.165) is 21.3 Å². The molecule has 3 rings (SSSR count). The molecule has 0 saturated carbocycles. The second-order valence-electron chi connectivity index (χ2n) is 5.96. The first-order valence-corrected chi connectivity index (χ1v) is 9.25. The molecule has 1 heterocycles. The molecule has 1 atom stereocenters. The molecule has 0 radical (unpaired) electrons. The molecule has 0 spiro atoms. The van der Waals surface area contributed by atoms with Crippen LogP contribution in [0.2, 0.25) is 0 Å². The van der Waals surface area contributed by atoms with Crippen molar-refractivity contribution < 1.29 is 4.74 Å². The monoisotopic (exact) mass is 472 g/mol. The number of halogens is 3. The summed E-state index contributed by atoms with van der Waals surface area (Å²) < 4.78 is 7.93. The Balaban J connectivity index is 2.01. The van der Waals surface area contributed by atoms with E-state index in [1.165, 1.54) is 16.7 Å². The van der Waals surface area contributed by atoms with Crippen molar-refractivity contribution >= 4 is 47.8 Å². The number of ether oxygens (including phenoxy) is 1. The third-order valence-corrected chi connectivity index (χ3v) is 6.05. The molecule has 110 valence electrons. The lowest BCUT2D eigenvalue weighted by molar-refractivity contribution is 0.291. The highest BCUT2D eigenvalue weighted by Crippen LogP contribution is 2.43. The maximum atomic E-state index is 5.76. The summed E-state index contributed by atoms with van der Waals surface area (Å²) in [5.41, 5.74) is 3.83. The zero-order valence-corrected chi connectivity index (χ0v) is 16.5. The Kier molecular flexibility index (Phi) is 4.23. The van der Waals surface area contributed by atoms with E-state index in [0.29, 0.717) is 0 Å². The SMILES string of the molecule is CC1(C)COc2ccc(C(Br)c3ccc(Br)cc3Br)cc21. The van der Waals surface area contributed by atoms with Gasteiger partial charge in [0.05, 0.1) is 11.4 Å². The van der Waals surface area contributed by atoms with Gasteiger partial charge in [-0.2, -0.15) is 0 Å². The lowest BCUT2D eigenvalue weighted by Gasteiger charge is -2.18. The van der Waals surface area contributed by atoms with E-state index < -0.39 is 0 Å². The topological polar surface area (TPSA) is 9.23 Å². The largest absolute Gasteiger partial charge is 0.492 e. The molecule has 1 unspecified atom stereocenters. The molecule has 1 nitrogen and oxygen atoms in total. The summed E-state index contributed by atoms with van der Waals surface area (Å²) in [7, 11) is 0. The number of benzene rings is 2. The third-order valence-electron chi connectivity index (χ3n) is 3.85. The molecule has 2 aromatic carbocycles. The average Bonchev–Trinajstić information content (AvgIpc) is 2.74. The summed E-state index contributed by atoms with van der Waals surface area (Å²) in [6.45, 7) is 5.20. The fraction of sp³-hybridized carbons (Fsp3) is 0.294. The van der Waals surface area contributed by atoms with Gasteiger partial charge in [0.15, 0.2) is 0 Å². The number of rotatable bonds is 2. The van der Waals surface area contributed by atoms with E-state index >= 15 is 0 Å². The van der Waals surface area contributed by atoms with Gasteiger partial charge >= 0.3 is 0 Å². The van der Waals surface area contributed by atoms with E-state index in [1.54, 1.807) is 0 Å². The molecule has 0 bridgehead atoms. The van der Waals surface area contributed by atoms with Crippen molar-refractivity contribution in [3.63, 3.8) is 0 Å². The fourth-order valence-corrected chi connectivity index (χ4v) is 4.85. The van der Waals surface area contributed by atoms with Gasteiger partial charge in [-0.3, -0.25) is 0 Å². The Morgan fingerprint density at radius 1 is 1.10 bits per heavy atom. The van der Waals surface area contributed by atoms with Crippen molar-refractivity contribution in [2.75, 3.05) is 6.61 Å². The van der Waals surface area contributed by atoms with Gasteiger partial charge in [0.2, 0.25) is 0 Å². The number of fused-ring (bicyclic) bond motifs is 1. The molecule has 21 heavy (non-hydrogen) atoms. The van der Waals surface area contributed by atoms with Gasteiger partial charge in [0.1, 0.15) is 5.75 Å². The van der Waals surface area contributed by atoms with Crippen LogP contribution in [0.4, 0.5) is 0 Å². The number of alkyl halides is 1. The van der Waals surface area contributed by atoms with Gasteiger partial charge in [-0.25, -0.2) is 0 Å². The second-order valence-corrected chi connectivity index (χ2v) is 8.64. The molecule has 0 aliphatic carbocycles. The summed E-state index contributed by atoms with van der Waals surface area (Å²) in [5.74, 6) is 1.01. The lowest BCUT2D eigenvalue weighted by atomic mass is 9.85. The maximum absolute atomic E-state index is 5.76. The summed E-state index contributed by atoms with van der Waals surface area (Å²) in [6.07, 6.45) is 0. The summed E-state index contributed by atoms with van der Waals surface area (Å²) >= 11 is 11.0. The van der Waals surface area contributed by atoms with Gasteiger partial charge in [-0.05, 0) is 35.4 Å². The molecule has 0 N–H and O–H groups in total. The summed E-state index contributed by atoms with van der Waals surface area (Å²) in [6, 6.07) is 12.7. The van der Waals surface area contributed by atoms with Crippen LogP contribution < -0.4 is 4.74 Å². The molecule has 2 aromatic rings. The van der Waals surface area contributed by atoms with E-state index in [4.69, 9.17) is 4.74 Å². The first-order chi connectivity index (χ1) is 9.88. The van der Waals surface area contributed by atoms with Crippen molar-refractivity contribution in [3.8, 4) is 5.75 Å². The number of hydrogen-bond acceptors (Lipinski definition) is 1. The minimum atomic E-state index is 0.0784. The number of hydrogen-bond donors (Lipinski definition) is 0. The second kappa shape index (κ2) is 5.71. The van der Waals surface area contributed by atoms with Crippen LogP contribution in [0.15, 0.2) is 45.3 Å². The standard InChI is InChI=1S/C17H15Br3O/c1-17(2)9-21-15-6-3-10(7-13(15)17)16(20)12-5-4-11(18)8-14(12)19/h3-8,16H,9H2,1-2H3. The van der Waals surface area contributed by atoms with Crippen molar-refractivity contribution in [1.29, 1.82) is 0 Å². The molecular formula is C17H15Br3O. The van der Waals surface area contributed by atoms with Crippen molar-refractivity contribution in [2.24, 2.45) is 0 Å². The maximum Gasteiger partial charge on any atom is 0.123 e. The van der Waals surface area contributed by atoms with Gasteiger partial charge < -0.3 is 4.74 Å². The predicted octanol–water partition coefficient (Wildman–Crippen LogP) is 6.37. The van der Waals surface area contributed by atoms with Crippen LogP contribution in [0.25, 0.3) is 0 Å². The normalized spacial score (nSPS) is 17.2. The smallest absolute Gasteiger partial charge is 0.123 e. The Labute approximate surface area is 150 Å². The highest BCUT2D eigenvalue weighted by molar-refractivity contribution is 9.11. The third kappa shape index (κ3) is 2.95.